The van der Waals surface area contributed by atoms with Crippen molar-refractivity contribution in [3.05, 3.63) is 23.3 Å². The number of aromatic nitrogens is 1. The van der Waals surface area contributed by atoms with Gasteiger partial charge in [-0.2, -0.15) is 0 Å². The second-order valence-corrected chi connectivity index (χ2v) is 8.18. The average molecular weight is 361 g/mol. The highest BCUT2D eigenvalue weighted by Crippen LogP contribution is 2.32. The maximum atomic E-state index is 11.6. The minimum Gasteiger partial charge on any atom is -0.355 e. The standard InChI is InChI=1S/C19H28N4OS/c1-13(2)18(24)20-5-6-22-7-9-23(10-8-22)19-21-16-12-14(3)11-15(4)17(16)25-19/h11-13H,5-10H2,1-4H3,(H,20,24). The first-order valence-electron chi connectivity index (χ1n) is 9.07. The summed E-state index contributed by atoms with van der Waals surface area (Å²) in [5.74, 6) is 0.196. The highest BCUT2D eigenvalue weighted by molar-refractivity contribution is 7.22. The number of rotatable bonds is 5. The Labute approximate surface area is 154 Å². The van der Waals surface area contributed by atoms with Crippen LogP contribution in [0.15, 0.2) is 12.1 Å². The van der Waals surface area contributed by atoms with E-state index in [9.17, 15) is 4.79 Å². The summed E-state index contributed by atoms with van der Waals surface area (Å²) in [6, 6.07) is 4.41. The van der Waals surface area contributed by atoms with Crippen LogP contribution in [0.4, 0.5) is 5.13 Å². The third-order valence-electron chi connectivity index (χ3n) is 4.70. The number of amides is 1. The van der Waals surface area contributed by atoms with Crippen molar-refractivity contribution >= 4 is 32.6 Å². The molecule has 1 saturated heterocycles. The molecule has 1 aromatic carbocycles. The van der Waals surface area contributed by atoms with Gasteiger partial charge < -0.3 is 10.2 Å². The lowest BCUT2D eigenvalue weighted by molar-refractivity contribution is -0.124. The van der Waals surface area contributed by atoms with Crippen LogP contribution >= 0.6 is 11.3 Å². The van der Waals surface area contributed by atoms with E-state index in [-0.39, 0.29) is 11.8 Å². The van der Waals surface area contributed by atoms with Crippen molar-refractivity contribution in [2.75, 3.05) is 44.2 Å². The second kappa shape index (κ2) is 7.70. The summed E-state index contributed by atoms with van der Waals surface area (Å²) in [4.78, 5) is 21.3. The van der Waals surface area contributed by atoms with Gasteiger partial charge in [0, 0.05) is 45.2 Å². The van der Waals surface area contributed by atoms with Crippen LogP contribution in [-0.2, 0) is 4.79 Å². The molecule has 0 saturated carbocycles. The molecule has 1 fully saturated rings. The molecule has 0 bridgehead atoms. The SMILES string of the molecule is Cc1cc(C)c2sc(N3CCN(CCNC(=O)C(C)C)CC3)nc2c1. The molecule has 2 aromatic rings. The number of piperazine rings is 1. The lowest BCUT2D eigenvalue weighted by Gasteiger charge is -2.34. The average Bonchev–Trinajstić information content (AvgIpc) is 2.99. The number of thiazole rings is 1. The Bertz CT molecular complexity index is 747. The van der Waals surface area contributed by atoms with Gasteiger partial charge >= 0.3 is 0 Å². The summed E-state index contributed by atoms with van der Waals surface area (Å²) >= 11 is 1.80. The zero-order chi connectivity index (χ0) is 18.0. The predicted octanol–water partition coefficient (Wildman–Crippen LogP) is 2.81. The van der Waals surface area contributed by atoms with Crippen LogP contribution in [0.1, 0.15) is 25.0 Å². The number of carbonyl (C=O) groups is 1. The molecule has 6 heteroatoms. The zero-order valence-electron chi connectivity index (χ0n) is 15.6. The van der Waals surface area contributed by atoms with Gasteiger partial charge in [-0.15, -0.1) is 0 Å². The van der Waals surface area contributed by atoms with Gasteiger partial charge in [-0.25, -0.2) is 4.98 Å². The molecule has 0 radical (unpaired) electrons. The van der Waals surface area contributed by atoms with E-state index >= 15 is 0 Å². The summed E-state index contributed by atoms with van der Waals surface area (Å²) in [7, 11) is 0. The predicted molar refractivity (Wildman–Crippen MR) is 106 cm³/mol. The summed E-state index contributed by atoms with van der Waals surface area (Å²) in [5, 5.41) is 4.13. The van der Waals surface area contributed by atoms with Gasteiger partial charge in [0.25, 0.3) is 0 Å². The molecule has 1 aliphatic rings. The molecule has 25 heavy (non-hydrogen) atoms. The summed E-state index contributed by atoms with van der Waals surface area (Å²) in [6.45, 7) is 13.8. The quantitative estimate of drug-likeness (QED) is 0.891. The zero-order valence-corrected chi connectivity index (χ0v) is 16.4. The van der Waals surface area contributed by atoms with E-state index in [1.165, 1.54) is 15.8 Å². The molecule has 1 aromatic heterocycles. The van der Waals surface area contributed by atoms with E-state index in [1.807, 2.05) is 13.8 Å². The van der Waals surface area contributed by atoms with Crippen molar-refractivity contribution in [1.82, 2.24) is 15.2 Å². The first kappa shape index (κ1) is 18.1. The first-order chi connectivity index (χ1) is 11.9. The number of hydrogen-bond donors (Lipinski definition) is 1. The fourth-order valence-electron chi connectivity index (χ4n) is 3.20. The first-order valence-corrected chi connectivity index (χ1v) is 9.88. The molecular weight excluding hydrogens is 332 g/mol. The van der Waals surface area contributed by atoms with Gasteiger partial charge in [-0.1, -0.05) is 31.3 Å². The van der Waals surface area contributed by atoms with Crippen LogP contribution in [0.3, 0.4) is 0 Å². The fraction of sp³-hybridized carbons (Fsp3) is 0.579. The van der Waals surface area contributed by atoms with Gasteiger partial charge in [0.1, 0.15) is 0 Å². The van der Waals surface area contributed by atoms with E-state index in [0.717, 1.165) is 49.9 Å². The van der Waals surface area contributed by atoms with Crippen LogP contribution in [0, 0.1) is 19.8 Å². The largest absolute Gasteiger partial charge is 0.355 e. The molecule has 0 aliphatic carbocycles. The Morgan fingerprint density at radius 1 is 1.24 bits per heavy atom. The molecule has 0 unspecified atom stereocenters. The van der Waals surface area contributed by atoms with Gasteiger partial charge in [0.2, 0.25) is 5.91 Å². The van der Waals surface area contributed by atoms with Crippen molar-refractivity contribution in [2.45, 2.75) is 27.7 Å². The molecule has 1 N–H and O–H groups in total. The number of benzene rings is 1. The second-order valence-electron chi connectivity index (χ2n) is 7.20. The van der Waals surface area contributed by atoms with Gasteiger partial charge in [0.05, 0.1) is 10.2 Å². The molecule has 1 amide bonds. The monoisotopic (exact) mass is 360 g/mol. The van der Waals surface area contributed by atoms with E-state index in [0.29, 0.717) is 0 Å². The van der Waals surface area contributed by atoms with Crippen LogP contribution < -0.4 is 10.2 Å². The summed E-state index contributed by atoms with van der Waals surface area (Å²) in [6.07, 6.45) is 0. The van der Waals surface area contributed by atoms with Crippen molar-refractivity contribution in [3.63, 3.8) is 0 Å². The van der Waals surface area contributed by atoms with Gasteiger partial charge in [0.15, 0.2) is 5.13 Å². The maximum absolute atomic E-state index is 11.6. The summed E-state index contributed by atoms with van der Waals surface area (Å²) < 4.78 is 1.31. The van der Waals surface area contributed by atoms with Crippen molar-refractivity contribution in [3.8, 4) is 0 Å². The Kier molecular flexibility index (Phi) is 5.59. The molecule has 3 rings (SSSR count). The van der Waals surface area contributed by atoms with Crippen molar-refractivity contribution < 1.29 is 4.79 Å². The van der Waals surface area contributed by atoms with Crippen LogP contribution in [0.2, 0.25) is 0 Å². The van der Waals surface area contributed by atoms with Crippen molar-refractivity contribution in [1.29, 1.82) is 0 Å². The van der Waals surface area contributed by atoms with E-state index in [4.69, 9.17) is 4.98 Å². The smallest absolute Gasteiger partial charge is 0.222 e. The van der Waals surface area contributed by atoms with E-state index in [2.05, 4.69) is 41.1 Å². The highest BCUT2D eigenvalue weighted by Gasteiger charge is 2.20. The minimum atomic E-state index is 0.0583. The number of nitrogens with zero attached hydrogens (tertiary/aromatic N) is 3. The Morgan fingerprint density at radius 2 is 1.96 bits per heavy atom. The normalized spacial score (nSPS) is 16.0. The molecule has 1 aliphatic heterocycles. The fourth-order valence-corrected chi connectivity index (χ4v) is 4.27. The van der Waals surface area contributed by atoms with Crippen molar-refractivity contribution in [2.24, 2.45) is 5.92 Å². The molecule has 5 nitrogen and oxygen atoms in total. The molecule has 136 valence electrons. The maximum Gasteiger partial charge on any atom is 0.222 e. The van der Waals surface area contributed by atoms with Crippen LogP contribution in [-0.4, -0.2) is 55.1 Å². The van der Waals surface area contributed by atoms with Gasteiger partial charge in [-0.3, -0.25) is 9.69 Å². The van der Waals surface area contributed by atoms with Gasteiger partial charge in [-0.05, 0) is 31.0 Å². The number of hydrogen-bond acceptors (Lipinski definition) is 5. The third-order valence-corrected chi connectivity index (χ3v) is 5.97. The molecule has 0 spiro atoms. The van der Waals surface area contributed by atoms with Crippen LogP contribution in [0.5, 0.6) is 0 Å². The number of anilines is 1. The van der Waals surface area contributed by atoms with E-state index in [1.54, 1.807) is 11.3 Å². The molecule has 2 heterocycles. The number of carbonyl (C=O) groups excluding carboxylic acids is 1. The lowest BCUT2D eigenvalue weighted by Crippen LogP contribution is -2.48. The molecular formula is C19H28N4OS. The topological polar surface area (TPSA) is 48.5 Å². The number of aryl methyl sites for hydroxylation is 2. The number of nitrogens with one attached hydrogen (secondary N) is 1. The Morgan fingerprint density at radius 3 is 2.64 bits per heavy atom. The Hall–Kier alpha value is -1.66. The third kappa shape index (κ3) is 4.30. The molecule has 0 atom stereocenters. The summed E-state index contributed by atoms with van der Waals surface area (Å²) in [5.41, 5.74) is 3.71. The lowest BCUT2D eigenvalue weighted by atomic mass is 10.1. The highest BCUT2D eigenvalue weighted by atomic mass is 32.1. The minimum absolute atomic E-state index is 0.0583. The van der Waals surface area contributed by atoms with Crippen LogP contribution in [0.25, 0.3) is 10.2 Å². The van der Waals surface area contributed by atoms with E-state index < -0.39 is 0 Å². The Balaban J connectivity index is 1.54. The number of fused-ring (bicyclic) bond motifs is 1.